The van der Waals surface area contributed by atoms with Crippen molar-refractivity contribution in [3.05, 3.63) is 29.6 Å². The first-order valence-electron chi connectivity index (χ1n) is 6.50. The molecule has 4 heteroatoms. The molecule has 1 heterocycles. The van der Waals surface area contributed by atoms with Crippen LogP contribution in [0.2, 0.25) is 0 Å². The molecule has 100 valence electrons. The highest BCUT2D eigenvalue weighted by Crippen LogP contribution is 2.26. The van der Waals surface area contributed by atoms with Gasteiger partial charge in [0.1, 0.15) is 5.82 Å². The van der Waals surface area contributed by atoms with Gasteiger partial charge in [-0.1, -0.05) is 6.07 Å². The first-order valence-corrected chi connectivity index (χ1v) is 6.50. The van der Waals surface area contributed by atoms with E-state index in [9.17, 15) is 4.39 Å². The van der Waals surface area contributed by atoms with Gasteiger partial charge < -0.3 is 15.1 Å². The van der Waals surface area contributed by atoms with Crippen molar-refractivity contribution in [2.24, 2.45) is 0 Å². The molecule has 0 radical (unpaired) electrons. The zero-order valence-corrected chi connectivity index (χ0v) is 11.4. The summed E-state index contributed by atoms with van der Waals surface area (Å²) in [7, 11) is 3.98. The van der Waals surface area contributed by atoms with Crippen molar-refractivity contribution < 1.29 is 4.39 Å². The lowest BCUT2D eigenvalue weighted by Crippen LogP contribution is -2.51. The number of benzene rings is 1. The van der Waals surface area contributed by atoms with Crippen LogP contribution in [0.4, 0.5) is 10.1 Å². The number of nitrogens with one attached hydrogen (secondary N) is 1. The van der Waals surface area contributed by atoms with E-state index in [-0.39, 0.29) is 5.82 Å². The van der Waals surface area contributed by atoms with Crippen LogP contribution in [0.3, 0.4) is 0 Å². The fourth-order valence-electron chi connectivity index (χ4n) is 2.67. The predicted octanol–water partition coefficient (Wildman–Crippen LogP) is 1.69. The summed E-state index contributed by atoms with van der Waals surface area (Å²) in [5.74, 6) is -0.118. The van der Waals surface area contributed by atoms with Gasteiger partial charge in [-0.3, -0.25) is 0 Å². The number of hydrogen-bond donors (Lipinski definition) is 1. The summed E-state index contributed by atoms with van der Waals surface area (Å²) in [4.78, 5) is 4.63. The quantitative estimate of drug-likeness (QED) is 0.882. The molecule has 1 aromatic carbocycles. The molecule has 1 aliphatic rings. The van der Waals surface area contributed by atoms with Gasteiger partial charge in [-0.25, -0.2) is 4.39 Å². The Morgan fingerprint density at radius 1 is 1.39 bits per heavy atom. The summed E-state index contributed by atoms with van der Waals surface area (Å²) < 4.78 is 13.9. The largest absolute Gasteiger partial charge is 0.366 e. The zero-order chi connectivity index (χ0) is 13.1. The van der Waals surface area contributed by atoms with Crippen molar-refractivity contribution in [3.63, 3.8) is 0 Å². The number of rotatable bonds is 3. The van der Waals surface area contributed by atoms with Crippen molar-refractivity contribution >= 4 is 5.69 Å². The first kappa shape index (κ1) is 13.3. The Labute approximate surface area is 109 Å². The minimum atomic E-state index is -0.118. The molecule has 1 unspecified atom stereocenters. The van der Waals surface area contributed by atoms with Crippen LogP contribution in [-0.2, 0) is 6.54 Å². The van der Waals surface area contributed by atoms with Gasteiger partial charge in [0.25, 0.3) is 0 Å². The molecule has 2 rings (SSSR count). The molecule has 18 heavy (non-hydrogen) atoms. The maximum absolute atomic E-state index is 13.9. The van der Waals surface area contributed by atoms with E-state index in [4.69, 9.17) is 0 Å². The minimum absolute atomic E-state index is 0.118. The van der Waals surface area contributed by atoms with Gasteiger partial charge in [0.15, 0.2) is 0 Å². The van der Waals surface area contributed by atoms with E-state index in [0.29, 0.717) is 12.6 Å². The first-order chi connectivity index (χ1) is 8.63. The van der Waals surface area contributed by atoms with Gasteiger partial charge in [0, 0.05) is 43.5 Å². The summed E-state index contributed by atoms with van der Waals surface area (Å²) >= 11 is 0. The van der Waals surface area contributed by atoms with Crippen LogP contribution in [0, 0.1) is 5.82 Å². The monoisotopic (exact) mass is 251 g/mol. The SMILES string of the molecule is CNCc1c(F)cccc1N1CCN(C)CC1C. The molecule has 0 spiro atoms. The van der Waals surface area contributed by atoms with Gasteiger partial charge in [0.2, 0.25) is 0 Å². The average Bonchev–Trinajstić information content (AvgIpc) is 2.32. The summed E-state index contributed by atoms with van der Waals surface area (Å²) in [5, 5.41) is 3.05. The second-order valence-electron chi connectivity index (χ2n) is 5.07. The standard InChI is InChI=1S/C14H22FN3/c1-11-10-17(3)7-8-18(11)14-6-4-5-13(15)12(14)9-16-2/h4-6,11,16H,7-10H2,1-3H3. The lowest BCUT2D eigenvalue weighted by molar-refractivity contribution is 0.275. The number of piperazine rings is 1. The lowest BCUT2D eigenvalue weighted by Gasteiger charge is -2.40. The molecule has 0 bridgehead atoms. The predicted molar refractivity (Wildman–Crippen MR) is 73.5 cm³/mol. The van der Waals surface area contributed by atoms with E-state index < -0.39 is 0 Å². The zero-order valence-electron chi connectivity index (χ0n) is 11.4. The van der Waals surface area contributed by atoms with Crippen LogP contribution in [0.1, 0.15) is 12.5 Å². The molecule has 1 fully saturated rings. The molecular weight excluding hydrogens is 229 g/mol. The van der Waals surface area contributed by atoms with Gasteiger partial charge in [0.05, 0.1) is 0 Å². The second kappa shape index (κ2) is 5.67. The number of anilines is 1. The third-order valence-electron chi connectivity index (χ3n) is 3.59. The fraction of sp³-hybridized carbons (Fsp3) is 0.571. The summed E-state index contributed by atoms with van der Waals surface area (Å²) in [6, 6.07) is 5.78. The molecule has 1 aliphatic heterocycles. The molecule has 0 aliphatic carbocycles. The number of nitrogens with zero attached hydrogens (tertiary/aromatic N) is 2. The highest BCUT2D eigenvalue weighted by Gasteiger charge is 2.24. The van der Waals surface area contributed by atoms with Gasteiger partial charge in [-0.2, -0.15) is 0 Å². The topological polar surface area (TPSA) is 18.5 Å². The third-order valence-corrected chi connectivity index (χ3v) is 3.59. The average molecular weight is 251 g/mol. The minimum Gasteiger partial charge on any atom is -0.366 e. The van der Waals surface area contributed by atoms with E-state index in [1.54, 1.807) is 6.07 Å². The van der Waals surface area contributed by atoms with Crippen LogP contribution in [0.15, 0.2) is 18.2 Å². The lowest BCUT2D eigenvalue weighted by atomic mass is 10.1. The number of likely N-dealkylation sites (N-methyl/N-ethyl adjacent to an activating group) is 1. The van der Waals surface area contributed by atoms with E-state index >= 15 is 0 Å². The molecule has 0 saturated carbocycles. The van der Waals surface area contributed by atoms with Crippen molar-refractivity contribution in [1.82, 2.24) is 10.2 Å². The Morgan fingerprint density at radius 3 is 2.83 bits per heavy atom. The summed E-state index contributed by atoms with van der Waals surface area (Å²) in [6.07, 6.45) is 0. The Balaban J connectivity index is 2.29. The van der Waals surface area contributed by atoms with Crippen LogP contribution in [0.25, 0.3) is 0 Å². The molecule has 3 nitrogen and oxygen atoms in total. The normalized spacial score (nSPS) is 21.3. The molecule has 1 N–H and O–H groups in total. The van der Waals surface area contributed by atoms with E-state index in [0.717, 1.165) is 30.9 Å². The maximum Gasteiger partial charge on any atom is 0.129 e. The highest BCUT2D eigenvalue weighted by atomic mass is 19.1. The highest BCUT2D eigenvalue weighted by molar-refractivity contribution is 5.55. The Kier molecular flexibility index (Phi) is 4.19. The van der Waals surface area contributed by atoms with E-state index in [1.165, 1.54) is 6.07 Å². The number of halogens is 1. The Morgan fingerprint density at radius 2 is 2.17 bits per heavy atom. The third kappa shape index (κ3) is 2.65. The van der Waals surface area contributed by atoms with Crippen LogP contribution in [0.5, 0.6) is 0 Å². The van der Waals surface area contributed by atoms with Gasteiger partial charge >= 0.3 is 0 Å². The summed E-state index contributed by atoms with van der Waals surface area (Å²) in [6.45, 7) is 5.78. The Bertz CT molecular complexity index is 408. The molecular formula is C14H22FN3. The molecule has 1 saturated heterocycles. The molecule has 0 aromatic heterocycles. The van der Waals surface area contributed by atoms with Crippen molar-refractivity contribution in [3.8, 4) is 0 Å². The molecule has 1 atom stereocenters. The second-order valence-corrected chi connectivity index (χ2v) is 5.07. The van der Waals surface area contributed by atoms with Crippen molar-refractivity contribution in [1.29, 1.82) is 0 Å². The smallest absolute Gasteiger partial charge is 0.129 e. The van der Waals surface area contributed by atoms with E-state index in [2.05, 4.69) is 29.1 Å². The van der Waals surface area contributed by atoms with Crippen molar-refractivity contribution in [2.45, 2.75) is 19.5 Å². The van der Waals surface area contributed by atoms with Crippen LogP contribution in [-0.4, -0.2) is 44.7 Å². The molecule has 1 aromatic rings. The Hall–Kier alpha value is -1.13. The molecule has 0 amide bonds. The van der Waals surface area contributed by atoms with Gasteiger partial charge in [-0.15, -0.1) is 0 Å². The van der Waals surface area contributed by atoms with Crippen molar-refractivity contribution in [2.75, 3.05) is 38.6 Å². The number of hydrogen-bond acceptors (Lipinski definition) is 3. The van der Waals surface area contributed by atoms with Crippen LogP contribution < -0.4 is 10.2 Å². The fourth-order valence-corrected chi connectivity index (χ4v) is 2.67. The van der Waals surface area contributed by atoms with Gasteiger partial charge in [-0.05, 0) is 33.2 Å². The van der Waals surface area contributed by atoms with E-state index in [1.807, 2.05) is 13.1 Å². The maximum atomic E-state index is 13.9. The van der Waals surface area contributed by atoms with Crippen LogP contribution >= 0.6 is 0 Å². The summed E-state index contributed by atoms with van der Waals surface area (Å²) in [5.41, 5.74) is 1.81.